The molecule has 0 saturated carbocycles. The Kier molecular flexibility index (Phi) is 5.46. The second kappa shape index (κ2) is 7.97. The van der Waals surface area contributed by atoms with E-state index < -0.39 is 36.7 Å². The molecule has 2 aromatic carbocycles. The molecule has 28 heavy (non-hydrogen) atoms. The maximum absolute atomic E-state index is 13.3. The molecule has 1 aromatic heterocycles. The van der Waals surface area contributed by atoms with Crippen molar-refractivity contribution in [3.63, 3.8) is 0 Å². The first-order chi connectivity index (χ1) is 13.4. The topological polar surface area (TPSA) is 109 Å². The highest BCUT2D eigenvalue weighted by molar-refractivity contribution is 6.00. The summed E-state index contributed by atoms with van der Waals surface area (Å²) in [6, 6.07) is 7.36. The van der Waals surface area contributed by atoms with Gasteiger partial charge in [0, 0.05) is 35.3 Å². The number of ether oxygens (including phenoxy) is 1. The van der Waals surface area contributed by atoms with Crippen LogP contribution in [0.1, 0.15) is 16.1 Å². The summed E-state index contributed by atoms with van der Waals surface area (Å²) in [4.78, 5) is 26.8. The fourth-order valence-electron chi connectivity index (χ4n) is 2.63. The number of nitrogens with one attached hydrogen (secondary N) is 1. The molecule has 0 radical (unpaired) electrons. The van der Waals surface area contributed by atoms with Gasteiger partial charge in [0.15, 0.2) is 0 Å². The number of pyridine rings is 1. The first-order valence-corrected chi connectivity index (χ1v) is 8.04. The van der Waals surface area contributed by atoms with Crippen LogP contribution in [-0.2, 0) is 11.4 Å². The van der Waals surface area contributed by atoms with Crippen molar-refractivity contribution in [3.8, 4) is 11.5 Å². The van der Waals surface area contributed by atoms with E-state index in [1.165, 1.54) is 18.3 Å². The Hall–Kier alpha value is -3.59. The summed E-state index contributed by atoms with van der Waals surface area (Å²) in [5, 5.41) is 21.6. The van der Waals surface area contributed by atoms with Gasteiger partial charge in [-0.05, 0) is 23.6 Å². The van der Waals surface area contributed by atoms with Crippen LogP contribution in [0, 0.1) is 11.6 Å². The van der Waals surface area contributed by atoms with Gasteiger partial charge < -0.3 is 20.3 Å². The van der Waals surface area contributed by atoms with E-state index in [4.69, 9.17) is 9.84 Å². The Morgan fingerprint density at radius 3 is 2.43 bits per heavy atom. The molecule has 0 saturated heterocycles. The molecule has 1 amide bonds. The van der Waals surface area contributed by atoms with Gasteiger partial charge in [0.1, 0.15) is 35.4 Å². The second-order valence-electron chi connectivity index (χ2n) is 5.78. The first-order valence-electron chi connectivity index (χ1n) is 8.04. The van der Waals surface area contributed by atoms with Crippen LogP contribution in [0.3, 0.4) is 0 Å². The molecule has 0 aliphatic carbocycles. The molecular weight excluding hydrogens is 374 g/mol. The van der Waals surface area contributed by atoms with Crippen LogP contribution in [0.4, 0.5) is 8.78 Å². The summed E-state index contributed by atoms with van der Waals surface area (Å²) < 4.78 is 32.1. The van der Waals surface area contributed by atoms with Crippen LogP contribution < -0.4 is 10.1 Å². The number of carbonyl (C=O) groups excluding carboxylic acids is 1. The zero-order valence-electron chi connectivity index (χ0n) is 14.3. The van der Waals surface area contributed by atoms with Gasteiger partial charge >= 0.3 is 5.97 Å². The highest BCUT2D eigenvalue weighted by atomic mass is 19.1. The van der Waals surface area contributed by atoms with E-state index in [-0.39, 0.29) is 22.8 Å². The molecule has 3 rings (SSSR count). The number of hydrogen-bond acceptors (Lipinski definition) is 5. The monoisotopic (exact) mass is 388 g/mol. The van der Waals surface area contributed by atoms with Crippen LogP contribution in [0.15, 0.2) is 42.6 Å². The van der Waals surface area contributed by atoms with E-state index >= 15 is 0 Å². The third kappa shape index (κ3) is 4.21. The Balaban J connectivity index is 1.99. The number of aliphatic hydroxyl groups excluding tert-OH is 1. The fourth-order valence-corrected chi connectivity index (χ4v) is 2.63. The zero-order valence-corrected chi connectivity index (χ0v) is 14.3. The number of carboxylic acid groups (broad SMARTS) is 1. The van der Waals surface area contributed by atoms with Crippen molar-refractivity contribution in [1.82, 2.24) is 10.3 Å². The molecule has 1 heterocycles. The largest absolute Gasteiger partial charge is 0.480 e. The van der Waals surface area contributed by atoms with E-state index in [9.17, 15) is 23.5 Å². The molecular formula is C19H14F2N2O5. The number of aliphatic carboxylic acids is 1. The summed E-state index contributed by atoms with van der Waals surface area (Å²) >= 11 is 0. The third-order valence-corrected chi connectivity index (χ3v) is 3.81. The summed E-state index contributed by atoms with van der Waals surface area (Å²) in [6.45, 7) is -1.14. The van der Waals surface area contributed by atoms with Crippen molar-refractivity contribution in [2.24, 2.45) is 0 Å². The van der Waals surface area contributed by atoms with E-state index in [0.29, 0.717) is 16.8 Å². The molecule has 3 aromatic rings. The standard InChI is InChI=1S/C19H14F2N2O5/c20-11-3-12(21)5-14(4-11)28-13-2-1-10-7-22-18(16(9-24)15(10)6-13)19(27)23-8-17(25)26/h1-7,24H,8-9H2,(H,23,27)(H,25,26). The summed E-state index contributed by atoms with van der Waals surface area (Å²) in [5.41, 5.74) is 0.0291. The maximum Gasteiger partial charge on any atom is 0.322 e. The third-order valence-electron chi connectivity index (χ3n) is 3.81. The average Bonchev–Trinajstić information content (AvgIpc) is 2.64. The number of benzene rings is 2. The quantitative estimate of drug-likeness (QED) is 0.599. The van der Waals surface area contributed by atoms with Gasteiger partial charge in [0.25, 0.3) is 5.91 Å². The lowest BCUT2D eigenvalue weighted by molar-refractivity contribution is -0.135. The van der Waals surface area contributed by atoms with Crippen molar-refractivity contribution in [2.45, 2.75) is 6.61 Å². The van der Waals surface area contributed by atoms with Gasteiger partial charge in [-0.15, -0.1) is 0 Å². The van der Waals surface area contributed by atoms with Crippen LogP contribution in [0.2, 0.25) is 0 Å². The molecule has 0 unspecified atom stereocenters. The second-order valence-corrected chi connectivity index (χ2v) is 5.78. The van der Waals surface area contributed by atoms with E-state index in [0.717, 1.165) is 12.1 Å². The molecule has 0 bridgehead atoms. The fraction of sp³-hybridized carbons (Fsp3) is 0.105. The van der Waals surface area contributed by atoms with Gasteiger partial charge in [-0.2, -0.15) is 0 Å². The number of rotatable bonds is 6. The van der Waals surface area contributed by atoms with Gasteiger partial charge in [-0.25, -0.2) is 8.78 Å². The predicted octanol–water partition coefficient (Wildman–Crippen LogP) is 2.61. The van der Waals surface area contributed by atoms with E-state index in [1.54, 1.807) is 6.07 Å². The molecule has 9 heteroatoms. The van der Waals surface area contributed by atoms with E-state index in [2.05, 4.69) is 10.3 Å². The van der Waals surface area contributed by atoms with Gasteiger partial charge in [-0.1, -0.05) is 0 Å². The Bertz CT molecular complexity index is 1050. The lowest BCUT2D eigenvalue weighted by Crippen LogP contribution is -2.30. The number of nitrogens with zero attached hydrogens (tertiary/aromatic N) is 1. The highest BCUT2D eigenvalue weighted by Gasteiger charge is 2.17. The van der Waals surface area contributed by atoms with Crippen molar-refractivity contribution in [1.29, 1.82) is 0 Å². The predicted molar refractivity (Wildman–Crippen MR) is 94.1 cm³/mol. The van der Waals surface area contributed by atoms with Crippen LogP contribution in [0.25, 0.3) is 10.8 Å². The highest BCUT2D eigenvalue weighted by Crippen LogP contribution is 2.29. The number of halogens is 2. The number of hydrogen-bond donors (Lipinski definition) is 3. The smallest absolute Gasteiger partial charge is 0.322 e. The minimum Gasteiger partial charge on any atom is -0.480 e. The van der Waals surface area contributed by atoms with Gasteiger partial charge in [0.05, 0.1) is 6.61 Å². The molecule has 0 spiro atoms. The maximum atomic E-state index is 13.3. The van der Waals surface area contributed by atoms with Crippen molar-refractivity contribution < 1.29 is 33.3 Å². The molecule has 7 nitrogen and oxygen atoms in total. The van der Waals surface area contributed by atoms with Crippen LogP contribution in [-0.4, -0.2) is 33.6 Å². The Morgan fingerprint density at radius 1 is 1.07 bits per heavy atom. The molecule has 0 aliphatic rings. The number of carbonyl (C=O) groups is 2. The molecule has 0 atom stereocenters. The minimum absolute atomic E-state index is 0.0594. The summed E-state index contributed by atoms with van der Waals surface area (Å²) in [7, 11) is 0. The van der Waals surface area contributed by atoms with Gasteiger partial charge in [-0.3, -0.25) is 14.6 Å². The number of aliphatic hydroxyl groups is 1. The Morgan fingerprint density at radius 2 is 1.79 bits per heavy atom. The SMILES string of the molecule is O=C(O)CNC(=O)c1ncc2ccc(Oc3cc(F)cc(F)c3)cc2c1CO. The Labute approximate surface area is 157 Å². The zero-order chi connectivity index (χ0) is 20.3. The molecule has 0 fully saturated rings. The summed E-state index contributed by atoms with van der Waals surface area (Å²) in [6.07, 6.45) is 1.38. The van der Waals surface area contributed by atoms with Crippen LogP contribution >= 0.6 is 0 Å². The number of amides is 1. The molecule has 3 N–H and O–H groups in total. The first kappa shape index (κ1) is 19.2. The lowest BCUT2D eigenvalue weighted by atomic mass is 10.0. The van der Waals surface area contributed by atoms with Crippen molar-refractivity contribution in [3.05, 3.63) is 65.5 Å². The van der Waals surface area contributed by atoms with Gasteiger partial charge in [0.2, 0.25) is 0 Å². The number of carboxylic acids is 1. The molecule has 144 valence electrons. The summed E-state index contributed by atoms with van der Waals surface area (Å²) in [5.74, 6) is -3.42. The lowest BCUT2D eigenvalue weighted by Gasteiger charge is -2.12. The van der Waals surface area contributed by atoms with Crippen molar-refractivity contribution >= 4 is 22.6 Å². The molecule has 0 aliphatic heterocycles. The normalized spacial score (nSPS) is 10.7. The number of aromatic nitrogens is 1. The van der Waals surface area contributed by atoms with E-state index in [1.807, 2.05) is 0 Å². The minimum atomic E-state index is -1.22. The van der Waals surface area contributed by atoms with Crippen LogP contribution in [0.5, 0.6) is 11.5 Å². The van der Waals surface area contributed by atoms with Crippen molar-refractivity contribution in [2.75, 3.05) is 6.54 Å². The number of fused-ring (bicyclic) bond motifs is 1. The average molecular weight is 388 g/mol.